The fourth-order valence-corrected chi connectivity index (χ4v) is 1.24. The molecule has 0 aliphatic heterocycles. The number of carbonyl (C=O) groups is 1. The van der Waals surface area contributed by atoms with Gasteiger partial charge in [-0.25, -0.2) is 0 Å². The van der Waals surface area contributed by atoms with Crippen LogP contribution in [-0.2, 0) is 0 Å². The molecule has 15 heavy (non-hydrogen) atoms. The van der Waals surface area contributed by atoms with Crippen LogP contribution in [0.3, 0.4) is 0 Å². The molecule has 0 saturated carbocycles. The first kappa shape index (κ1) is 11.5. The number of benzene rings is 1. The maximum absolute atomic E-state index is 10.5. The number of aldehydes is 1. The molecule has 1 aromatic carbocycles. The second-order valence-electron chi connectivity index (χ2n) is 3.70. The zero-order chi connectivity index (χ0) is 11.3. The minimum absolute atomic E-state index is 0.636. The Labute approximate surface area is 90.6 Å². The van der Waals surface area contributed by atoms with Gasteiger partial charge in [-0.2, -0.15) is 0 Å². The molecule has 0 amide bonds. The van der Waals surface area contributed by atoms with Gasteiger partial charge in [-0.3, -0.25) is 4.79 Å². The summed E-state index contributed by atoms with van der Waals surface area (Å²) in [6.07, 6.45) is 1.69. The smallest absolute Gasteiger partial charge is 0.150 e. The van der Waals surface area contributed by atoms with Crippen LogP contribution in [0.1, 0.15) is 29.3 Å². The van der Waals surface area contributed by atoms with Crippen molar-refractivity contribution in [3.63, 3.8) is 0 Å². The van der Waals surface area contributed by atoms with Crippen molar-refractivity contribution in [1.82, 2.24) is 0 Å². The quantitative estimate of drug-likeness (QED) is 0.544. The van der Waals surface area contributed by atoms with E-state index in [-0.39, 0.29) is 0 Å². The van der Waals surface area contributed by atoms with Gasteiger partial charge in [-0.05, 0) is 37.6 Å². The number of aryl methyl sites for hydroxylation is 1. The maximum Gasteiger partial charge on any atom is 0.150 e. The summed E-state index contributed by atoms with van der Waals surface area (Å²) in [6, 6.07) is 5.41. The standard InChI is InChI=1S/C13H16O2/c1-10(2)6-7-15-13-5-4-12(9-14)8-11(13)3/h4-5,8-9H,1,6-7H2,2-3H3. The molecule has 0 fully saturated rings. The number of hydrogen-bond donors (Lipinski definition) is 0. The largest absolute Gasteiger partial charge is 0.493 e. The van der Waals surface area contributed by atoms with Crippen LogP contribution in [-0.4, -0.2) is 12.9 Å². The molecule has 2 nitrogen and oxygen atoms in total. The molecule has 0 spiro atoms. The van der Waals surface area contributed by atoms with Crippen molar-refractivity contribution in [2.24, 2.45) is 0 Å². The van der Waals surface area contributed by atoms with Crippen molar-refractivity contribution in [2.75, 3.05) is 6.61 Å². The fraction of sp³-hybridized carbons (Fsp3) is 0.308. The van der Waals surface area contributed by atoms with Crippen molar-refractivity contribution in [1.29, 1.82) is 0 Å². The van der Waals surface area contributed by atoms with E-state index < -0.39 is 0 Å². The Kier molecular flexibility index (Phi) is 4.10. The Balaban J connectivity index is 2.62. The SMILES string of the molecule is C=C(C)CCOc1ccc(C=O)cc1C. The van der Waals surface area contributed by atoms with Gasteiger partial charge in [0.15, 0.2) is 0 Å². The first-order valence-electron chi connectivity index (χ1n) is 4.96. The molecular weight excluding hydrogens is 188 g/mol. The monoisotopic (exact) mass is 204 g/mol. The molecule has 0 radical (unpaired) electrons. The molecular formula is C13H16O2. The predicted molar refractivity (Wildman–Crippen MR) is 61.5 cm³/mol. The number of hydrogen-bond acceptors (Lipinski definition) is 2. The van der Waals surface area contributed by atoms with E-state index in [1.165, 1.54) is 0 Å². The summed E-state index contributed by atoms with van der Waals surface area (Å²) in [5.74, 6) is 0.835. The molecule has 0 aliphatic carbocycles. The molecule has 0 aliphatic rings. The van der Waals surface area contributed by atoms with Gasteiger partial charge in [-0.1, -0.05) is 5.57 Å². The first-order chi connectivity index (χ1) is 7.13. The van der Waals surface area contributed by atoms with Crippen molar-refractivity contribution >= 4 is 6.29 Å². The molecule has 0 unspecified atom stereocenters. The first-order valence-corrected chi connectivity index (χ1v) is 4.96. The lowest BCUT2D eigenvalue weighted by atomic mass is 10.1. The van der Waals surface area contributed by atoms with Gasteiger partial charge in [0.1, 0.15) is 12.0 Å². The van der Waals surface area contributed by atoms with Gasteiger partial charge in [0.25, 0.3) is 0 Å². The Hall–Kier alpha value is -1.57. The van der Waals surface area contributed by atoms with Crippen LogP contribution < -0.4 is 4.74 Å². The minimum Gasteiger partial charge on any atom is -0.493 e. The van der Waals surface area contributed by atoms with Crippen LogP contribution in [0.25, 0.3) is 0 Å². The normalized spacial score (nSPS) is 9.73. The van der Waals surface area contributed by atoms with E-state index in [4.69, 9.17) is 4.74 Å². The number of ether oxygens (including phenoxy) is 1. The van der Waals surface area contributed by atoms with Gasteiger partial charge >= 0.3 is 0 Å². The molecule has 0 atom stereocenters. The molecule has 0 aromatic heterocycles. The van der Waals surface area contributed by atoms with Gasteiger partial charge in [-0.15, -0.1) is 6.58 Å². The summed E-state index contributed by atoms with van der Waals surface area (Å²) in [5, 5.41) is 0. The summed E-state index contributed by atoms with van der Waals surface area (Å²) in [7, 11) is 0. The third-order valence-electron chi connectivity index (χ3n) is 2.12. The zero-order valence-corrected chi connectivity index (χ0v) is 9.25. The molecule has 0 saturated heterocycles. The van der Waals surface area contributed by atoms with Crippen molar-refractivity contribution in [3.05, 3.63) is 41.5 Å². The van der Waals surface area contributed by atoms with Crippen molar-refractivity contribution < 1.29 is 9.53 Å². The fourth-order valence-electron chi connectivity index (χ4n) is 1.24. The third kappa shape index (κ3) is 3.58. The highest BCUT2D eigenvalue weighted by Crippen LogP contribution is 2.18. The van der Waals surface area contributed by atoms with Crippen LogP contribution >= 0.6 is 0 Å². The summed E-state index contributed by atoms with van der Waals surface area (Å²) < 4.78 is 5.57. The van der Waals surface area contributed by atoms with Crippen LogP contribution in [0.2, 0.25) is 0 Å². The highest BCUT2D eigenvalue weighted by atomic mass is 16.5. The summed E-state index contributed by atoms with van der Waals surface area (Å²) >= 11 is 0. The van der Waals surface area contributed by atoms with E-state index in [9.17, 15) is 4.79 Å². The topological polar surface area (TPSA) is 26.3 Å². The zero-order valence-electron chi connectivity index (χ0n) is 9.25. The molecule has 2 heteroatoms. The predicted octanol–water partition coefficient (Wildman–Crippen LogP) is 3.15. The summed E-state index contributed by atoms with van der Waals surface area (Å²) in [6.45, 7) is 8.36. The van der Waals surface area contributed by atoms with Gasteiger partial charge in [0, 0.05) is 12.0 Å². The molecule has 0 bridgehead atoms. The minimum atomic E-state index is 0.636. The molecule has 1 aromatic rings. The van der Waals surface area contributed by atoms with E-state index in [1.807, 2.05) is 26.0 Å². The van der Waals surface area contributed by atoms with E-state index in [2.05, 4.69) is 6.58 Å². The number of carbonyl (C=O) groups excluding carboxylic acids is 1. The average Bonchev–Trinajstić information content (AvgIpc) is 2.20. The molecule has 80 valence electrons. The van der Waals surface area contributed by atoms with E-state index in [1.54, 1.807) is 6.07 Å². The highest BCUT2D eigenvalue weighted by molar-refractivity contribution is 5.75. The maximum atomic E-state index is 10.5. The Bertz CT molecular complexity index is 367. The van der Waals surface area contributed by atoms with Crippen LogP contribution in [0, 0.1) is 6.92 Å². The van der Waals surface area contributed by atoms with Crippen LogP contribution in [0.5, 0.6) is 5.75 Å². The Morgan fingerprint density at radius 3 is 2.80 bits per heavy atom. The van der Waals surface area contributed by atoms with Crippen molar-refractivity contribution in [2.45, 2.75) is 20.3 Å². The summed E-state index contributed by atoms with van der Waals surface area (Å²) in [5.41, 5.74) is 2.78. The second-order valence-corrected chi connectivity index (χ2v) is 3.70. The van der Waals surface area contributed by atoms with Gasteiger partial charge in [0.2, 0.25) is 0 Å². The Morgan fingerprint density at radius 1 is 1.53 bits per heavy atom. The van der Waals surface area contributed by atoms with Gasteiger partial charge in [0.05, 0.1) is 6.61 Å². The molecule has 0 heterocycles. The van der Waals surface area contributed by atoms with Crippen LogP contribution in [0.4, 0.5) is 0 Å². The molecule has 1 rings (SSSR count). The second kappa shape index (κ2) is 5.35. The van der Waals surface area contributed by atoms with Crippen LogP contribution in [0.15, 0.2) is 30.4 Å². The van der Waals surface area contributed by atoms with Gasteiger partial charge < -0.3 is 4.74 Å². The summed E-state index contributed by atoms with van der Waals surface area (Å²) in [4.78, 5) is 10.5. The molecule has 0 N–H and O–H groups in total. The average molecular weight is 204 g/mol. The highest BCUT2D eigenvalue weighted by Gasteiger charge is 2.00. The lowest BCUT2D eigenvalue weighted by Crippen LogP contribution is -1.99. The lowest BCUT2D eigenvalue weighted by molar-refractivity contribution is 0.112. The van der Waals surface area contributed by atoms with E-state index >= 15 is 0 Å². The van der Waals surface area contributed by atoms with E-state index in [0.29, 0.717) is 12.2 Å². The van der Waals surface area contributed by atoms with E-state index in [0.717, 1.165) is 29.6 Å². The Morgan fingerprint density at radius 2 is 2.27 bits per heavy atom. The number of rotatable bonds is 5. The lowest BCUT2D eigenvalue weighted by Gasteiger charge is -2.09. The van der Waals surface area contributed by atoms with Crippen molar-refractivity contribution in [3.8, 4) is 5.75 Å². The third-order valence-corrected chi connectivity index (χ3v) is 2.12.